The van der Waals surface area contributed by atoms with E-state index in [2.05, 4.69) is 5.32 Å². The molecule has 1 N–H and O–H groups in total. The number of amides is 1. The summed E-state index contributed by atoms with van der Waals surface area (Å²) in [6, 6.07) is 4.99. The molecule has 0 aromatic heterocycles. The molecule has 1 aliphatic rings. The van der Waals surface area contributed by atoms with E-state index in [1.54, 1.807) is 6.92 Å². The summed E-state index contributed by atoms with van der Waals surface area (Å²) < 4.78 is 26.8. The van der Waals surface area contributed by atoms with Crippen molar-refractivity contribution in [3.05, 3.63) is 34.4 Å². The number of hydrogen-bond acceptors (Lipinski definition) is 6. The highest BCUT2D eigenvalue weighted by Crippen LogP contribution is 2.27. The monoisotopic (exact) mass is 384 g/mol. The van der Waals surface area contributed by atoms with E-state index in [0.29, 0.717) is 19.6 Å². The summed E-state index contributed by atoms with van der Waals surface area (Å²) in [5, 5.41) is 14.0. The van der Waals surface area contributed by atoms with E-state index >= 15 is 0 Å². The van der Waals surface area contributed by atoms with Gasteiger partial charge in [-0.1, -0.05) is 19.1 Å². The standard InChI is InChI=1S/C16H24N4O5S/c1-3-8-17-16(21)13(2)18-9-11-19(12-10-18)26(24,25)15-7-5-4-6-14(15)20(22)23/h4-7,13H,3,8-12H2,1-2H3,(H,17,21)/t13-/m0/s1. The molecule has 1 atom stereocenters. The van der Waals surface area contributed by atoms with E-state index in [9.17, 15) is 23.3 Å². The van der Waals surface area contributed by atoms with Crippen molar-refractivity contribution in [2.45, 2.75) is 31.2 Å². The number of nitrogens with zero attached hydrogens (tertiary/aromatic N) is 3. The third-order valence-electron chi connectivity index (χ3n) is 4.43. The Kier molecular flexibility index (Phi) is 6.68. The Morgan fingerprint density at radius 2 is 1.88 bits per heavy atom. The first-order valence-corrected chi connectivity index (χ1v) is 9.98. The van der Waals surface area contributed by atoms with Gasteiger partial charge in [0.25, 0.3) is 5.69 Å². The Labute approximate surface area is 153 Å². The molecule has 1 amide bonds. The van der Waals surface area contributed by atoms with Gasteiger partial charge in [-0.25, -0.2) is 8.42 Å². The largest absolute Gasteiger partial charge is 0.355 e. The second-order valence-electron chi connectivity index (χ2n) is 6.13. The minimum absolute atomic E-state index is 0.0816. The Morgan fingerprint density at radius 1 is 1.27 bits per heavy atom. The first-order chi connectivity index (χ1) is 12.3. The maximum Gasteiger partial charge on any atom is 0.289 e. The molecule has 1 saturated heterocycles. The number of nitrogens with one attached hydrogen (secondary N) is 1. The lowest BCUT2D eigenvalue weighted by Crippen LogP contribution is -2.54. The molecular weight excluding hydrogens is 360 g/mol. The topological polar surface area (TPSA) is 113 Å². The molecular formula is C16H24N4O5S. The van der Waals surface area contributed by atoms with Crippen molar-refractivity contribution in [3.63, 3.8) is 0 Å². The highest BCUT2D eigenvalue weighted by atomic mass is 32.2. The number of hydrogen-bond donors (Lipinski definition) is 1. The van der Waals surface area contributed by atoms with Crippen molar-refractivity contribution in [2.75, 3.05) is 32.7 Å². The van der Waals surface area contributed by atoms with Gasteiger partial charge in [-0.15, -0.1) is 0 Å². The van der Waals surface area contributed by atoms with E-state index in [-0.39, 0.29) is 29.9 Å². The first kappa shape index (κ1) is 20.3. The van der Waals surface area contributed by atoms with Crippen LogP contribution in [0.4, 0.5) is 5.69 Å². The lowest BCUT2D eigenvalue weighted by molar-refractivity contribution is -0.387. The minimum Gasteiger partial charge on any atom is -0.355 e. The second-order valence-corrected chi connectivity index (χ2v) is 8.04. The maximum atomic E-state index is 12.8. The van der Waals surface area contributed by atoms with Crippen LogP contribution in [0.1, 0.15) is 20.3 Å². The van der Waals surface area contributed by atoms with Gasteiger partial charge in [0.05, 0.1) is 11.0 Å². The molecule has 0 bridgehead atoms. The molecule has 1 heterocycles. The number of para-hydroxylation sites is 1. The summed E-state index contributed by atoms with van der Waals surface area (Å²) in [5.74, 6) is -0.0816. The molecule has 10 heteroatoms. The zero-order valence-corrected chi connectivity index (χ0v) is 15.7. The zero-order chi connectivity index (χ0) is 19.3. The van der Waals surface area contributed by atoms with Crippen LogP contribution in [0.25, 0.3) is 0 Å². The molecule has 144 valence electrons. The van der Waals surface area contributed by atoms with Crippen LogP contribution in [0.3, 0.4) is 0 Å². The van der Waals surface area contributed by atoms with E-state index in [0.717, 1.165) is 6.42 Å². The fourth-order valence-electron chi connectivity index (χ4n) is 2.86. The number of nitro benzene ring substituents is 1. The SMILES string of the molecule is CCCNC(=O)[C@H](C)N1CCN(S(=O)(=O)c2ccccc2[N+](=O)[O-])CC1. The van der Waals surface area contributed by atoms with Crippen LogP contribution in [-0.2, 0) is 14.8 Å². The van der Waals surface area contributed by atoms with Gasteiger partial charge >= 0.3 is 0 Å². The number of piperazine rings is 1. The van der Waals surface area contributed by atoms with Crippen LogP contribution >= 0.6 is 0 Å². The van der Waals surface area contributed by atoms with Gasteiger partial charge in [-0.3, -0.25) is 19.8 Å². The normalized spacial score (nSPS) is 17.6. The van der Waals surface area contributed by atoms with Gasteiger partial charge in [0.2, 0.25) is 15.9 Å². The van der Waals surface area contributed by atoms with Crippen molar-refractivity contribution in [3.8, 4) is 0 Å². The molecule has 1 aliphatic heterocycles. The third-order valence-corrected chi connectivity index (χ3v) is 6.38. The number of sulfonamides is 1. The van der Waals surface area contributed by atoms with E-state index in [1.807, 2.05) is 11.8 Å². The number of carbonyl (C=O) groups excluding carboxylic acids is 1. The van der Waals surface area contributed by atoms with Crippen LogP contribution in [0.2, 0.25) is 0 Å². The first-order valence-electron chi connectivity index (χ1n) is 8.54. The van der Waals surface area contributed by atoms with Gasteiger partial charge < -0.3 is 5.32 Å². The lowest BCUT2D eigenvalue weighted by atomic mass is 10.2. The highest BCUT2D eigenvalue weighted by Gasteiger charge is 2.35. The third kappa shape index (κ3) is 4.37. The average molecular weight is 384 g/mol. The Morgan fingerprint density at radius 3 is 2.46 bits per heavy atom. The number of carbonyl (C=O) groups is 1. The van der Waals surface area contributed by atoms with E-state index < -0.39 is 20.6 Å². The summed E-state index contributed by atoms with van der Waals surface area (Å²) >= 11 is 0. The minimum atomic E-state index is -3.96. The average Bonchev–Trinajstić information content (AvgIpc) is 2.65. The van der Waals surface area contributed by atoms with Crippen molar-refractivity contribution in [1.29, 1.82) is 0 Å². The van der Waals surface area contributed by atoms with Gasteiger partial charge in [-0.05, 0) is 19.4 Å². The fourth-order valence-corrected chi connectivity index (χ4v) is 4.44. The van der Waals surface area contributed by atoms with E-state index in [4.69, 9.17) is 0 Å². The highest BCUT2D eigenvalue weighted by molar-refractivity contribution is 7.89. The molecule has 2 rings (SSSR count). The Bertz CT molecular complexity index is 760. The predicted molar refractivity (Wildman–Crippen MR) is 96.2 cm³/mol. The van der Waals surface area contributed by atoms with Crippen LogP contribution in [0.5, 0.6) is 0 Å². The van der Waals surface area contributed by atoms with Crippen LogP contribution in [-0.4, -0.2) is 67.2 Å². The van der Waals surface area contributed by atoms with Crippen molar-refractivity contribution >= 4 is 21.6 Å². The number of benzene rings is 1. The zero-order valence-electron chi connectivity index (χ0n) is 14.9. The molecule has 0 saturated carbocycles. The Hall–Kier alpha value is -2.04. The van der Waals surface area contributed by atoms with Crippen LogP contribution in [0.15, 0.2) is 29.2 Å². The summed E-state index contributed by atoms with van der Waals surface area (Å²) in [4.78, 5) is 24.1. The lowest BCUT2D eigenvalue weighted by Gasteiger charge is -2.36. The van der Waals surface area contributed by atoms with Gasteiger partial charge in [0, 0.05) is 38.8 Å². The maximum absolute atomic E-state index is 12.8. The molecule has 0 unspecified atom stereocenters. The number of nitro groups is 1. The fraction of sp³-hybridized carbons (Fsp3) is 0.562. The molecule has 1 fully saturated rings. The summed E-state index contributed by atoms with van der Waals surface area (Å²) in [5.41, 5.74) is -0.428. The summed E-state index contributed by atoms with van der Waals surface area (Å²) in [6.45, 7) is 5.50. The summed E-state index contributed by atoms with van der Waals surface area (Å²) in [7, 11) is -3.96. The molecule has 0 spiro atoms. The molecule has 0 radical (unpaired) electrons. The van der Waals surface area contributed by atoms with Gasteiger partial charge in [0.15, 0.2) is 4.90 Å². The molecule has 9 nitrogen and oxygen atoms in total. The molecule has 1 aromatic carbocycles. The molecule has 26 heavy (non-hydrogen) atoms. The van der Waals surface area contributed by atoms with Crippen molar-refractivity contribution in [2.24, 2.45) is 0 Å². The summed E-state index contributed by atoms with van der Waals surface area (Å²) in [6.07, 6.45) is 0.848. The van der Waals surface area contributed by atoms with Crippen LogP contribution < -0.4 is 5.32 Å². The smallest absolute Gasteiger partial charge is 0.289 e. The number of rotatable bonds is 7. The predicted octanol–water partition coefficient (Wildman–Crippen LogP) is 0.816. The molecule has 0 aliphatic carbocycles. The van der Waals surface area contributed by atoms with Crippen molar-refractivity contribution < 1.29 is 18.1 Å². The van der Waals surface area contributed by atoms with Gasteiger partial charge in [0.1, 0.15) is 0 Å². The Balaban J connectivity index is 2.08. The quantitative estimate of drug-likeness (QED) is 0.550. The second kappa shape index (κ2) is 8.56. The van der Waals surface area contributed by atoms with E-state index in [1.165, 1.54) is 28.6 Å². The van der Waals surface area contributed by atoms with Crippen molar-refractivity contribution in [1.82, 2.24) is 14.5 Å². The molecule has 1 aromatic rings. The van der Waals surface area contributed by atoms with Crippen LogP contribution in [0, 0.1) is 10.1 Å². The van der Waals surface area contributed by atoms with Gasteiger partial charge in [-0.2, -0.15) is 4.31 Å².